The van der Waals surface area contributed by atoms with E-state index in [0.29, 0.717) is 4.32 Å². The summed E-state index contributed by atoms with van der Waals surface area (Å²) in [5, 5.41) is 4.25. The molecule has 1 heterocycles. The lowest BCUT2D eigenvalue weighted by molar-refractivity contribution is -0.166. The van der Waals surface area contributed by atoms with E-state index in [1.54, 1.807) is 0 Å². The third kappa shape index (κ3) is 4.16. The van der Waals surface area contributed by atoms with Crippen molar-refractivity contribution in [2.24, 2.45) is 21.8 Å². The summed E-state index contributed by atoms with van der Waals surface area (Å²) in [6, 6.07) is 9.96. The SMILES string of the molecule is CC(/C=C\c1ccccc1)=N/NC(=S)SCN1C(=O)[C@@H]2CC[C@@](C)(C1=O)C2(C)C. The van der Waals surface area contributed by atoms with Gasteiger partial charge in [-0.2, -0.15) is 5.10 Å². The van der Waals surface area contributed by atoms with E-state index in [-0.39, 0.29) is 29.0 Å². The smallest absolute Gasteiger partial charge is 0.236 e. The van der Waals surface area contributed by atoms with Gasteiger partial charge in [0.2, 0.25) is 11.8 Å². The van der Waals surface area contributed by atoms with Gasteiger partial charge >= 0.3 is 0 Å². The van der Waals surface area contributed by atoms with Gasteiger partial charge in [-0.25, -0.2) is 0 Å². The summed E-state index contributed by atoms with van der Waals surface area (Å²) in [5.74, 6) is -0.0337. The third-order valence-corrected chi connectivity index (χ3v) is 7.66. The minimum Gasteiger partial charge on any atom is -0.274 e. The number of hydrogen-bond donors (Lipinski definition) is 1. The van der Waals surface area contributed by atoms with Crippen molar-refractivity contribution in [3.8, 4) is 0 Å². The van der Waals surface area contributed by atoms with Crippen LogP contribution in [0.1, 0.15) is 46.1 Å². The summed E-state index contributed by atoms with van der Waals surface area (Å²) in [6.07, 6.45) is 5.40. The predicted molar refractivity (Wildman–Crippen MR) is 123 cm³/mol. The molecule has 0 aromatic heterocycles. The molecule has 2 aliphatic rings. The average molecular weight is 430 g/mol. The molecular formula is C22H27N3O2S2. The monoisotopic (exact) mass is 429 g/mol. The van der Waals surface area contributed by atoms with Crippen LogP contribution in [0, 0.1) is 16.7 Å². The highest BCUT2D eigenvalue weighted by atomic mass is 32.2. The number of allylic oxidation sites excluding steroid dienone is 1. The highest BCUT2D eigenvalue weighted by Gasteiger charge is 2.64. The van der Waals surface area contributed by atoms with Gasteiger partial charge < -0.3 is 0 Å². The first-order chi connectivity index (χ1) is 13.7. The molecule has 29 heavy (non-hydrogen) atoms. The Hall–Kier alpha value is -1.99. The van der Waals surface area contributed by atoms with Crippen LogP contribution in [-0.4, -0.2) is 32.6 Å². The maximum absolute atomic E-state index is 13.0. The van der Waals surface area contributed by atoms with Crippen LogP contribution in [-0.2, 0) is 9.59 Å². The molecule has 2 atom stereocenters. The first-order valence-electron chi connectivity index (χ1n) is 9.73. The number of amides is 2. The molecule has 1 aromatic rings. The van der Waals surface area contributed by atoms with Crippen LogP contribution in [0.2, 0.25) is 0 Å². The van der Waals surface area contributed by atoms with Crippen molar-refractivity contribution >= 4 is 51.9 Å². The van der Waals surface area contributed by atoms with Crippen molar-refractivity contribution in [1.29, 1.82) is 0 Å². The largest absolute Gasteiger partial charge is 0.274 e. The van der Waals surface area contributed by atoms with Gasteiger partial charge in [0, 0.05) is 5.92 Å². The maximum atomic E-state index is 13.0. The molecule has 2 amide bonds. The minimum atomic E-state index is -0.488. The van der Waals surface area contributed by atoms with E-state index in [1.807, 2.05) is 70.2 Å². The van der Waals surface area contributed by atoms with Gasteiger partial charge in [-0.15, -0.1) is 0 Å². The summed E-state index contributed by atoms with van der Waals surface area (Å²) < 4.78 is 0.431. The van der Waals surface area contributed by atoms with Crippen LogP contribution in [0.3, 0.4) is 0 Å². The van der Waals surface area contributed by atoms with Gasteiger partial charge in [0.15, 0.2) is 4.32 Å². The van der Waals surface area contributed by atoms with E-state index < -0.39 is 5.41 Å². The molecule has 7 heteroatoms. The molecule has 3 rings (SSSR count). The Bertz CT molecular complexity index is 879. The van der Waals surface area contributed by atoms with Crippen molar-refractivity contribution in [1.82, 2.24) is 10.3 Å². The van der Waals surface area contributed by atoms with Crippen LogP contribution >= 0.6 is 24.0 Å². The van der Waals surface area contributed by atoms with Crippen LogP contribution in [0.5, 0.6) is 0 Å². The quantitative estimate of drug-likeness (QED) is 0.324. The number of carbonyl (C=O) groups excluding carboxylic acids is 2. The van der Waals surface area contributed by atoms with Gasteiger partial charge in [0.25, 0.3) is 0 Å². The van der Waals surface area contributed by atoms with E-state index in [4.69, 9.17) is 12.2 Å². The number of nitrogens with one attached hydrogen (secondary N) is 1. The number of carbonyl (C=O) groups is 2. The fourth-order valence-corrected chi connectivity index (χ4v) is 4.94. The molecule has 1 aliphatic heterocycles. The summed E-state index contributed by atoms with van der Waals surface area (Å²) in [4.78, 5) is 27.2. The van der Waals surface area contributed by atoms with Crippen LogP contribution in [0.15, 0.2) is 41.5 Å². The second-order valence-corrected chi connectivity index (χ2v) is 10.0. The molecule has 1 aromatic carbocycles. The molecule has 0 radical (unpaired) electrons. The summed E-state index contributed by atoms with van der Waals surface area (Å²) in [6.45, 7) is 7.94. The lowest BCUT2D eigenvalue weighted by Gasteiger charge is -2.47. The molecular weight excluding hydrogens is 402 g/mol. The Labute approximate surface area is 182 Å². The second kappa shape index (κ2) is 8.40. The van der Waals surface area contributed by atoms with E-state index in [9.17, 15) is 9.59 Å². The van der Waals surface area contributed by atoms with E-state index in [0.717, 1.165) is 24.1 Å². The fraction of sp³-hybridized carbons (Fsp3) is 0.455. The summed E-state index contributed by atoms with van der Waals surface area (Å²) >= 11 is 6.57. The van der Waals surface area contributed by atoms with Gasteiger partial charge in [0.05, 0.1) is 17.0 Å². The standard InChI is InChI=1S/C22H27N3O2S2/c1-15(10-11-16-8-6-5-7-9-16)23-24-20(28)29-14-25-18(26)17-12-13-22(4,19(25)27)21(17,2)3/h5-11,17H,12-14H2,1-4H3,(H,24,28)/b11-10-,23-15-/t17-,22-/m0/s1. The maximum Gasteiger partial charge on any atom is 0.236 e. The first kappa shape index (κ1) is 21.7. The topological polar surface area (TPSA) is 61.8 Å². The normalized spacial score (nSPS) is 26.3. The average Bonchev–Trinajstić information content (AvgIpc) is 2.89. The molecule has 2 bridgehead atoms. The second-order valence-electron chi connectivity index (χ2n) is 8.39. The molecule has 1 saturated heterocycles. The van der Waals surface area contributed by atoms with Crippen molar-refractivity contribution in [2.45, 2.75) is 40.5 Å². The minimum absolute atomic E-state index is 0.0734. The van der Waals surface area contributed by atoms with Gasteiger partial charge in [-0.3, -0.25) is 19.9 Å². The number of rotatable bonds is 5. The molecule has 1 aliphatic carbocycles. The van der Waals surface area contributed by atoms with Crippen LogP contribution < -0.4 is 5.43 Å². The Morgan fingerprint density at radius 2 is 2.00 bits per heavy atom. The Morgan fingerprint density at radius 3 is 2.69 bits per heavy atom. The first-order valence-corrected chi connectivity index (χ1v) is 11.1. The number of hydrazone groups is 1. The van der Waals surface area contributed by atoms with E-state index in [2.05, 4.69) is 10.5 Å². The van der Waals surface area contributed by atoms with E-state index >= 15 is 0 Å². The zero-order chi connectivity index (χ0) is 21.2. The number of fused-ring (bicyclic) bond motifs is 2. The van der Waals surface area contributed by atoms with Gasteiger partial charge in [-0.05, 0) is 36.8 Å². The lowest BCUT2D eigenvalue weighted by atomic mass is 9.62. The highest BCUT2D eigenvalue weighted by Crippen LogP contribution is 2.60. The fourth-order valence-electron chi connectivity index (χ4n) is 4.13. The van der Waals surface area contributed by atoms with E-state index in [1.165, 1.54) is 16.7 Å². The zero-order valence-corrected chi connectivity index (χ0v) is 18.9. The molecule has 2 fully saturated rings. The van der Waals surface area contributed by atoms with Crippen LogP contribution in [0.4, 0.5) is 0 Å². The number of benzene rings is 1. The van der Waals surface area contributed by atoms with Crippen molar-refractivity contribution < 1.29 is 9.59 Å². The highest BCUT2D eigenvalue weighted by molar-refractivity contribution is 8.22. The predicted octanol–water partition coefficient (Wildman–Crippen LogP) is 4.45. The molecule has 1 saturated carbocycles. The van der Waals surface area contributed by atoms with Crippen molar-refractivity contribution in [2.75, 3.05) is 5.88 Å². The number of piperidine rings is 1. The summed E-state index contributed by atoms with van der Waals surface area (Å²) in [5.41, 5.74) is 3.91. The molecule has 5 nitrogen and oxygen atoms in total. The van der Waals surface area contributed by atoms with Crippen molar-refractivity contribution in [3.05, 3.63) is 42.0 Å². The number of nitrogens with zero attached hydrogens (tertiary/aromatic N) is 2. The Balaban J connectivity index is 1.55. The summed E-state index contributed by atoms with van der Waals surface area (Å²) in [7, 11) is 0. The lowest BCUT2D eigenvalue weighted by Crippen LogP contribution is -2.58. The number of likely N-dealkylation sites (tertiary alicyclic amines) is 1. The van der Waals surface area contributed by atoms with Crippen molar-refractivity contribution in [3.63, 3.8) is 0 Å². The zero-order valence-electron chi connectivity index (χ0n) is 17.3. The van der Waals surface area contributed by atoms with Gasteiger partial charge in [-0.1, -0.05) is 81.2 Å². The Kier molecular flexibility index (Phi) is 6.29. The third-order valence-electron chi connectivity index (χ3n) is 6.47. The number of thioether (sulfide) groups is 1. The number of hydrogen-bond acceptors (Lipinski definition) is 5. The number of imide groups is 1. The molecule has 154 valence electrons. The number of thiocarbonyl (C=S) groups is 1. The van der Waals surface area contributed by atoms with Crippen LogP contribution in [0.25, 0.3) is 6.08 Å². The molecule has 0 spiro atoms. The molecule has 1 N–H and O–H groups in total. The van der Waals surface area contributed by atoms with Gasteiger partial charge in [0.1, 0.15) is 0 Å². The molecule has 0 unspecified atom stereocenters. The Morgan fingerprint density at radius 1 is 1.31 bits per heavy atom.